The van der Waals surface area contributed by atoms with Crippen molar-refractivity contribution in [3.63, 3.8) is 0 Å². The molecule has 2 rings (SSSR count). The van der Waals surface area contributed by atoms with Crippen LogP contribution in [0.15, 0.2) is 30.6 Å². The van der Waals surface area contributed by atoms with Crippen LogP contribution < -0.4 is 10.1 Å². The summed E-state index contributed by atoms with van der Waals surface area (Å²) >= 11 is 6.05. The maximum absolute atomic E-state index is 6.05. The van der Waals surface area contributed by atoms with Crippen molar-refractivity contribution in [1.29, 1.82) is 0 Å². The zero-order valence-electron chi connectivity index (χ0n) is 9.77. The van der Waals surface area contributed by atoms with Crippen LogP contribution in [-0.2, 0) is 6.54 Å². The third kappa shape index (κ3) is 2.53. The van der Waals surface area contributed by atoms with Crippen molar-refractivity contribution in [3.8, 4) is 5.75 Å². The van der Waals surface area contributed by atoms with Crippen LogP contribution in [0.4, 0.5) is 11.6 Å². The van der Waals surface area contributed by atoms with Crippen LogP contribution in [0.1, 0.15) is 6.92 Å². The fourth-order valence-electron chi connectivity index (χ4n) is 1.56. The number of halogens is 1. The van der Waals surface area contributed by atoms with Gasteiger partial charge in [0.15, 0.2) is 0 Å². The molecule has 0 bridgehead atoms. The van der Waals surface area contributed by atoms with E-state index in [9.17, 15) is 0 Å². The molecule has 0 radical (unpaired) electrons. The molecule has 0 spiro atoms. The first-order valence-electron chi connectivity index (χ1n) is 5.36. The SMILES string of the molecule is CCn1ccnc1Nc1ccc(OC)c(Cl)c1. The molecule has 1 heterocycles. The van der Waals surface area contributed by atoms with Gasteiger partial charge in [0.1, 0.15) is 5.75 Å². The predicted octanol–water partition coefficient (Wildman–Crippen LogP) is 3.31. The highest BCUT2D eigenvalue weighted by atomic mass is 35.5. The number of methoxy groups -OCH3 is 1. The number of benzene rings is 1. The number of imidazole rings is 1. The number of aromatic nitrogens is 2. The number of anilines is 2. The van der Waals surface area contributed by atoms with Gasteiger partial charge in [-0.2, -0.15) is 0 Å². The Labute approximate surface area is 105 Å². The van der Waals surface area contributed by atoms with Crippen LogP contribution in [0.5, 0.6) is 5.75 Å². The maximum atomic E-state index is 6.05. The van der Waals surface area contributed by atoms with Gasteiger partial charge in [-0.15, -0.1) is 0 Å². The average Bonchev–Trinajstić information content (AvgIpc) is 2.76. The summed E-state index contributed by atoms with van der Waals surface area (Å²) in [6, 6.07) is 5.54. The van der Waals surface area contributed by atoms with Crippen LogP contribution in [0, 0.1) is 0 Å². The van der Waals surface area contributed by atoms with Crippen molar-refractivity contribution >= 4 is 23.2 Å². The lowest BCUT2D eigenvalue weighted by Crippen LogP contribution is -2.01. The first-order valence-corrected chi connectivity index (χ1v) is 5.74. The van der Waals surface area contributed by atoms with E-state index in [1.54, 1.807) is 13.3 Å². The van der Waals surface area contributed by atoms with Crippen molar-refractivity contribution in [2.45, 2.75) is 13.5 Å². The Balaban J connectivity index is 2.22. The zero-order valence-corrected chi connectivity index (χ0v) is 10.5. The third-order valence-electron chi connectivity index (χ3n) is 2.46. The van der Waals surface area contributed by atoms with Crippen LogP contribution in [0.25, 0.3) is 0 Å². The van der Waals surface area contributed by atoms with E-state index >= 15 is 0 Å². The van der Waals surface area contributed by atoms with Gasteiger partial charge in [0.2, 0.25) is 5.95 Å². The summed E-state index contributed by atoms with van der Waals surface area (Å²) in [5.74, 6) is 1.46. The summed E-state index contributed by atoms with van der Waals surface area (Å²) < 4.78 is 7.11. The molecule has 0 atom stereocenters. The molecule has 0 amide bonds. The Morgan fingerprint density at radius 3 is 2.94 bits per heavy atom. The number of rotatable bonds is 4. The van der Waals surface area contributed by atoms with Gasteiger partial charge in [-0.05, 0) is 25.1 Å². The Morgan fingerprint density at radius 2 is 2.29 bits per heavy atom. The minimum absolute atomic E-state index is 0.576. The number of hydrogen-bond donors (Lipinski definition) is 1. The molecule has 4 nitrogen and oxygen atoms in total. The summed E-state index contributed by atoms with van der Waals surface area (Å²) in [5, 5.41) is 3.78. The molecule has 90 valence electrons. The molecule has 0 aliphatic rings. The van der Waals surface area contributed by atoms with Gasteiger partial charge < -0.3 is 14.6 Å². The highest BCUT2D eigenvalue weighted by Gasteiger charge is 2.04. The molecule has 0 fully saturated rings. The standard InChI is InChI=1S/C12H14ClN3O/c1-3-16-7-6-14-12(16)15-9-4-5-11(17-2)10(13)8-9/h4-8H,3H2,1-2H3,(H,14,15). The highest BCUT2D eigenvalue weighted by Crippen LogP contribution is 2.28. The quantitative estimate of drug-likeness (QED) is 0.906. The number of nitrogens with zero attached hydrogens (tertiary/aromatic N) is 2. The first kappa shape index (κ1) is 11.8. The van der Waals surface area contributed by atoms with Crippen molar-refractivity contribution in [2.24, 2.45) is 0 Å². The van der Waals surface area contributed by atoms with E-state index in [4.69, 9.17) is 16.3 Å². The van der Waals surface area contributed by atoms with Crippen molar-refractivity contribution in [3.05, 3.63) is 35.6 Å². The monoisotopic (exact) mass is 251 g/mol. The van der Waals surface area contributed by atoms with E-state index in [-0.39, 0.29) is 0 Å². The molecule has 2 aromatic rings. The Morgan fingerprint density at radius 1 is 1.47 bits per heavy atom. The lowest BCUT2D eigenvalue weighted by Gasteiger charge is -2.09. The van der Waals surface area contributed by atoms with E-state index in [1.807, 2.05) is 29.0 Å². The molecule has 0 aliphatic carbocycles. The molecule has 5 heteroatoms. The largest absolute Gasteiger partial charge is 0.495 e. The number of ether oxygens (including phenoxy) is 1. The molecule has 0 saturated heterocycles. The molecule has 1 aromatic carbocycles. The maximum Gasteiger partial charge on any atom is 0.207 e. The minimum Gasteiger partial charge on any atom is -0.495 e. The van der Waals surface area contributed by atoms with E-state index in [2.05, 4.69) is 17.2 Å². The van der Waals surface area contributed by atoms with Crippen LogP contribution in [0.2, 0.25) is 5.02 Å². The van der Waals surface area contributed by atoms with Gasteiger partial charge >= 0.3 is 0 Å². The normalized spacial score (nSPS) is 10.3. The summed E-state index contributed by atoms with van der Waals surface area (Å²) in [4.78, 5) is 4.23. The number of nitrogens with one attached hydrogen (secondary N) is 1. The molecule has 0 saturated carbocycles. The summed E-state index contributed by atoms with van der Waals surface area (Å²) in [6.07, 6.45) is 3.68. The second-order valence-electron chi connectivity index (χ2n) is 3.51. The van der Waals surface area contributed by atoms with Crippen molar-refractivity contribution < 1.29 is 4.74 Å². The highest BCUT2D eigenvalue weighted by molar-refractivity contribution is 6.32. The van der Waals surface area contributed by atoms with Crippen molar-refractivity contribution in [1.82, 2.24) is 9.55 Å². The smallest absolute Gasteiger partial charge is 0.207 e. The molecule has 1 N–H and O–H groups in total. The van der Waals surface area contributed by atoms with Gasteiger partial charge in [-0.25, -0.2) is 4.98 Å². The van der Waals surface area contributed by atoms with E-state index in [1.165, 1.54) is 0 Å². The van der Waals surface area contributed by atoms with E-state index in [0.717, 1.165) is 18.2 Å². The first-order chi connectivity index (χ1) is 8.24. The number of hydrogen-bond acceptors (Lipinski definition) is 3. The molecule has 1 aromatic heterocycles. The average molecular weight is 252 g/mol. The molecule has 17 heavy (non-hydrogen) atoms. The summed E-state index contributed by atoms with van der Waals surface area (Å²) in [5.41, 5.74) is 0.886. The van der Waals surface area contributed by atoms with Crippen LogP contribution in [0.3, 0.4) is 0 Å². The second-order valence-corrected chi connectivity index (χ2v) is 3.92. The number of aryl methyl sites for hydroxylation is 1. The lowest BCUT2D eigenvalue weighted by molar-refractivity contribution is 0.415. The molecule has 0 unspecified atom stereocenters. The fraction of sp³-hybridized carbons (Fsp3) is 0.250. The predicted molar refractivity (Wildman–Crippen MR) is 69.2 cm³/mol. The zero-order chi connectivity index (χ0) is 12.3. The summed E-state index contributed by atoms with van der Waals surface area (Å²) in [7, 11) is 1.60. The van der Waals surface area contributed by atoms with E-state index in [0.29, 0.717) is 10.8 Å². The Bertz CT molecular complexity index is 510. The Kier molecular flexibility index (Phi) is 3.54. The summed E-state index contributed by atoms with van der Waals surface area (Å²) in [6.45, 7) is 2.93. The second kappa shape index (κ2) is 5.10. The topological polar surface area (TPSA) is 39.1 Å². The third-order valence-corrected chi connectivity index (χ3v) is 2.76. The Hall–Kier alpha value is -1.68. The molecule has 0 aliphatic heterocycles. The van der Waals surface area contributed by atoms with Gasteiger partial charge in [0.25, 0.3) is 0 Å². The minimum atomic E-state index is 0.576. The molecular weight excluding hydrogens is 238 g/mol. The lowest BCUT2D eigenvalue weighted by atomic mass is 10.3. The van der Waals surface area contributed by atoms with Gasteiger partial charge in [0.05, 0.1) is 12.1 Å². The van der Waals surface area contributed by atoms with Crippen LogP contribution >= 0.6 is 11.6 Å². The van der Waals surface area contributed by atoms with Crippen molar-refractivity contribution in [2.75, 3.05) is 12.4 Å². The van der Waals surface area contributed by atoms with Gasteiger partial charge in [-0.1, -0.05) is 11.6 Å². The van der Waals surface area contributed by atoms with Gasteiger partial charge in [0, 0.05) is 24.6 Å². The fourth-order valence-corrected chi connectivity index (χ4v) is 1.82. The van der Waals surface area contributed by atoms with Crippen LogP contribution in [-0.4, -0.2) is 16.7 Å². The van der Waals surface area contributed by atoms with Gasteiger partial charge in [-0.3, -0.25) is 0 Å². The molecular formula is C12H14ClN3O. The van der Waals surface area contributed by atoms with E-state index < -0.39 is 0 Å².